The molecule has 1 heterocycles. The number of hydrogen-bond acceptors (Lipinski definition) is 5. The average molecular weight is 510 g/mol. The van der Waals surface area contributed by atoms with Crippen LogP contribution in [0.15, 0.2) is 50.9 Å². The Kier molecular flexibility index (Phi) is 6.25. The number of ketones is 1. The summed E-state index contributed by atoms with van der Waals surface area (Å²) in [6.45, 7) is 3.95. The Morgan fingerprint density at radius 1 is 1.11 bits per heavy atom. The molecule has 1 aliphatic rings. The van der Waals surface area contributed by atoms with Gasteiger partial charge in [0.1, 0.15) is 23.7 Å². The van der Waals surface area contributed by atoms with E-state index in [1.54, 1.807) is 12.1 Å². The lowest BCUT2D eigenvalue weighted by Crippen LogP contribution is -2.12. The third-order valence-electron chi connectivity index (χ3n) is 4.12. The van der Waals surface area contributed by atoms with Crippen molar-refractivity contribution in [1.29, 1.82) is 0 Å². The van der Waals surface area contributed by atoms with Gasteiger partial charge in [-0.25, -0.2) is 4.79 Å². The summed E-state index contributed by atoms with van der Waals surface area (Å²) in [5.74, 6) is 0.274. The molecule has 0 unspecified atom stereocenters. The third kappa shape index (κ3) is 4.15. The van der Waals surface area contributed by atoms with Crippen LogP contribution in [0.5, 0.6) is 11.5 Å². The smallest absolute Gasteiger partial charge is 0.342 e. The summed E-state index contributed by atoms with van der Waals surface area (Å²) >= 11 is 6.77. The molecule has 0 aromatic heterocycles. The summed E-state index contributed by atoms with van der Waals surface area (Å²) in [6.07, 6.45) is 0.0607. The fourth-order valence-electron chi connectivity index (χ4n) is 2.90. The van der Waals surface area contributed by atoms with Crippen molar-refractivity contribution >= 4 is 49.2 Å². The Labute approximate surface area is 179 Å². The minimum Gasteiger partial charge on any atom is -0.494 e. The Hall–Kier alpha value is -2.12. The maximum absolute atomic E-state index is 13.1. The Balaban J connectivity index is 2.00. The van der Waals surface area contributed by atoms with E-state index in [0.29, 0.717) is 25.8 Å². The zero-order valence-corrected chi connectivity index (χ0v) is 18.7. The molecule has 146 valence electrons. The fourth-order valence-corrected chi connectivity index (χ4v) is 4.41. The Morgan fingerprint density at radius 2 is 1.71 bits per heavy atom. The zero-order chi connectivity index (χ0) is 20.4. The number of carbonyl (C=O) groups is 2. The van der Waals surface area contributed by atoms with E-state index in [4.69, 9.17) is 14.2 Å². The zero-order valence-electron chi connectivity index (χ0n) is 15.5. The van der Waals surface area contributed by atoms with Crippen LogP contribution in [0.2, 0.25) is 0 Å². The molecule has 0 saturated heterocycles. The van der Waals surface area contributed by atoms with Crippen molar-refractivity contribution in [3.63, 3.8) is 0 Å². The summed E-state index contributed by atoms with van der Waals surface area (Å²) in [6, 6.07) is 10.5. The Bertz CT molecular complexity index is 938. The van der Waals surface area contributed by atoms with Crippen LogP contribution in [-0.2, 0) is 9.53 Å². The van der Waals surface area contributed by atoms with Crippen LogP contribution in [0.3, 0.4) is 0 Å². The van der Waals surface area contributed by atoms with E-state index < -0.39 is 11.8 Å². The predicted molar refractivity (Wildman–Crippen MR) is 113 cm³/mol. The highest BCUT2D eigenvalue weighted by Crippen LogP contribution is 2.36. The minimum atomic E-state index is -0.620. The first kappa shape index (κ1) is 20.6. The van der Waals surface area contributed by atoms with Gasteiger partial charge in [-0.1, -0.05) is 12.1 Å². The molecule has 2 aromatic rings. The molecular weight excluding hydrogens is 492 g/mol. The van der Waals surface area contributed by atoms with Crippen molar-refractivity contribution in [3.05, 3.63) is 62.0 Å². The van der Waals surface area contributed by atoms with E-state index in [1.165, 1.54) is 7.11 Å². The molecule has 0 N–H and O–H groups in total. The van der Waals surface area contributed by atoms with Crippen molar-refractivity contribution in [3.8, 4) is 11.5 Å². The highest BCUT2D eigenvalue weighted by molar-refractivity contribution is 9.11. The first-order valence-corrected chi connectivity index (χ1v) is 10.2. The first-order valence-electron chi connectivity index (χ1n) is 8.57. The van der Waals surface area contributed by atoms with E-state index >= 15 is 0 Å². The van der Waals surface area contributed by atoms with E-state index in [0.717, 1.165) is 11.3 Å². The van der Waals surface area contributed by atoms with Crippen LogP contribution < -0.4 is 9.47 Å². The summed E-state index contributed by atoms with van der Waals surface area (Å²) < 4.78 is 17.3. The third-order valence-corrected chi connectivity index (χ3v) is 5.30. The topological polar surface area (TPSA) is 61.8 Å². The predicted octanol–water partition coefficient (Wildman–Crippen LogP) is 5.20. The number of esters is 1. The molecule has 0 atom stereocenters. The largest absolute Gasteiger partial charge is 0.494 e. The molecule has 0 radical (unpaired) electrons. The van der Waals surface area contributed by atoms with Crippen LogP contribution in [0.1, 0.15) is 29.8 Å². The number of cyclic esters (lactones) is 1. The molecule has 0 fully saturated rings. The highest BCUT2D eigenvalue weighted by Gasteiger charge is 2.32. The minimum absolute atomic E-state index is 0.0431. The maximum atomic E-state index is 13.1. The number of benzene rings is 2. The van der Waals surface area contributed by atoms with Crippen molar-refractivity contribution in [2.24, 2.45) is 0 Å². The molecule has 1 aliphatic heterocycles. The molecule has 3 rings (SSSR count). The normalized spacial score (nSPS) is 13.7. The monoisotopic (exact) mass is 508 g/mol. The van der Waals surface area contributed by atoms with Gasteiger partial charge in [0.25, 0.3) is 0 Å². The fraction of sp³-hybridized carbons (Fsp3) is 0.238. The lowest BCUT2D eigenvalue weighted by Gasteiger charge is -2.11. The molecular formula is C21H18Br2O5. The second-order valence-electron chi connectivity index (χ2n) is 6.42. The van der Waals surface area contributed by atoms with Gasteiger partial charge >= 0.3 is 5.97 Å². The van der Waals surface area contributed by atoms with Crippen LogP contribution >= 0.6 is 31.9 Å². The Morgan fingerprint density at radius 3 is 2.25 bits per heavy atom. The van der Waals surface area contributed by atoms with Gasteiger partial charge in [-0.3, -0.25) is 4.79 Å². The van der Waals surface area contributed by atoms with Gasteiger partial charge in [0.05, 0.1) is 22.2 Å². The molecule has 7 heteroatoms. The number of halogens is 2. The summed E-state index contributed by atoms with van der Waals surface area (Å²) in [7, 11) is 1.54. The number of methoxy groups -OCH3 is 1. The lowest BCUT2D eigenvalue weighted by atomic mass is 9.95. The van der Waals surface area contributed by atoms with Gasteiger partial charge in [0, 0.05) is 11.1 Å². The molecule has 0 bridgehead atoms. The van der Waals surface area contributed by atoms with Gasteiger partial charge in [-0.2, -0.15) is 0 Å². The SMILES string of the molecule is COc1c(Br)cc(C(=O)C2=C(c3ccc(OC(C)C)cc3)COC2=O)cc1Br. The van der Waals surface area contributed by atoms with Gasteiger partial charge < -0.3 is 14.2 Å². The van der Waals surface area contributed by atoms with E-state index in [1.807, 2.05) is 38.1 Å². The molecule has 28 heavy (non-hydrogen) atoms. The molecule has 0 spiro atoms. The van der Waals surface area contributed by atoms with Gasteiger partial charge in [-0.05, 0) is 75.5 Å². The summed E-state index contributed by atoms with van der Waals surface area (Å²) in [4.78, 5) is 25.4. The number of hydrogen-bond donors (Lipinski definition) is 0. The number of Topliss-reactive ketones (excluding diaryl/α,β-unsaturated/α-hetero) is 1. The lowest BCUT2D eigenvalue weighted by molar-refractivity contribution is -0.135. The molecule has 5 nitrogen and oxygen atoms in total. The first-order chi connectivity index (χ1) is 13.3. The second-order valence-corrected chi connectivity index (χ2v) is 8.13. The summed E-state index contributed by atoms with van der Waals surface area (Å²) in [5.41, 5.74) is 1.71. The summed E-state index contributed by atoms with van der Waals surface area (Å²) in [5, 5.41) is 0. The maximum Gasteiger partial charge on any atom is 0.342 e. The molecule has 0 saturated carbocycles. The quantitative estimate of drug-likeness (QED) is 0.304. The number of ether oxygens (including phenoxy) is 3. The average Bonchev–Trinajstić information content (AvgIpc) is 3.02. The second kappa shape index (κ2) is 8.49. The van der Waals surface area contributed by atoms with E-state index in [9.17, 15) is 9.59 Å². The van der Waals surface area contributed by atoms with Crippen molar-refractivity contribution < 1.29 is 23.8 Å². The van der Waals surface area contributed by atoms with Crippen molar-refractivity contribution in [2.75, 3.05) is 13.7 Å². The highest BCUT2D eigenvalue weighted by atomic mass is 79.9. The molecule has 0 amide bonds. The van der Waals surface area contributed by atoms with Crippen molar-refractivity contribution in [2.45, 2.75) is 20.0 Å². The van der Waals surface area contributed by atoms with Gasteiger partial charge in [0.2, 0.25) is 5.78 Å². The molecule has 2 aromatic carbocycles. The van der Waals surface area contributed by atoms with E-state index in [2.05, 4.69) is 31.9 Å². The van der Waals surface area contributed by atoms with Crippen LogP contribution in [-0.4, -0.2) is 31.6 Å². The van der Waals surface area contributed by atoms with E-state index in [-0.39, 0.29) is 18.3 Å². The van der Waals surface area contributed by atoms with Crippen LogP contribution in [0.25, 0.3) is 5.57 Å². The van der Waals surface area contributed by atoms with Gasteiger partial charge in [-0.15, -0.1) is 0 Å². The van der Waals surface area contributed by atoms with Crippen molar-refractivity contribution in [1.82, 2.24) is 0 Å². The van der Waals surface area contributed by atoms with Crippen LogP contribution in [0, 0.1) is 0 Å². The molecule has 0 aliphatic carbocycles. The standard InChI is InChI=1S/C21H18Br2O5/c1-11(2)28-14-6-4-12(5-7-14)15-10-27-21(25)18(15)19(24)13-8-16(22)20(26-3)17(23)9-13/h4-9,11H,10H2,1-3H3. The number of rotatable bonds is 6. The van der Waals surface area contributed by atoms with Gasteiger partial charge in [0.15, 0.2) is 0 Å². The number of carbonyl (C=O) groups excluding carboxylic acids is 2. The van der Waals surface area contributed by atoms with Crippen LogP contribution in [0.4, 0.5) is 0 Å².